The van der Waals surface area contributed by atoms with E-state index in [0.29, 0.717) is 35.2 Å². The van der Waals surface area contributed by atoms with Crippen molar-refractivity contribution in [3.05, 3.63) is 47.0 Å². The molecular formula is C17H17N3O3. The number of nitrogens with zero attached hydrogens (tertiary/aromatic N) is 3. The van der Waals surface area contributed by atoms with Crippen LogP contribution in [0.4, 0.5) is 0 Å². The molecule has 2 aromatic rings. The van der Waals surface area contributed by atoms with Crippen molar-refractivity contribution in [1.29, 1.82) is 0 Å². The summed E-state index contributed by atoms with van der Waals surface area (Å²) in [5, 5.41) is 13.2. The fourth-order valence-corrected chi connectivity index (χ4v) is 2.83. The van der Waals surface area contributed by atoms with Gasteiger partial charge in [-0.3, -0.25) is 14.5 Å². The Morgan fingerprint density at radius 1 is 1.17 bits per heavy atom. The minimum atomic E-state index is -0.311. The summed E-state index contributed by atoms with van der Waals surface area (Å²) in [6.07, 6.45) is 1.27. The molecule has 0 atom stereocenters. The molecule has 2 aromatic carbocycles. The van der Waals surface area contributed by atoms with Crippen molar-refractivity contribution < 1.29 is 14.8 Å². The van der Waals surface area contributed by atoms with E-state index in [-0.39, 0.29) is 11.8 Å². The van der Waals surface area contributed by atoms with Crippen LogP contribution in [0.2, 0.25) is 0 Å². The van der Waals surface area contributed by atoms with Crippen LogP contribution in [0.5, 0.6) is 0 Å². The second-order valence-corrected chi connectivity index (χ2v) is 5.78. The molecule has 6 heteroatoms. The molecule has 1 aliphatic rings. The first-order valence-corrected chi connectivity index (χ1v) is 7.28. The topological polar surface area (TPSA) is 73.2 Å². The van der Waals surface area contributed by atoms with Gasteiger partial charge in [-0.25, -0.2) is 0 Å². The van der Waals surface area contributed by atoms with E-state index in [4.69, 9.17) is 5.21 Å². The van der Waals surface area contributed by atoms with Gasteiger partial charge in [-0.05, 0) is 43.2 Å². The molecule has 0 saturated carbocycles. The molecule has 0 unspecified atom stereocenters. The standard InChI is InChI=1S/C17H17N3O3/c1-19(2)6-7-20-16(21)13-5-3-4-12-8-11(10-18-23)9-14(15(12)13)17(20)22/h3-5,8-10,23H,6-7H2,1-2H3/b18-10+. The number of carbonyl (C=O) groups is 2. The molecule has 1 N–H and O–H groups in total. The number of oxime groups is 1. The Hall–Kier alpha value is -2.73. The summed E-state index contributed by atoms with van der Waals surface area (Å²) >= 11 is 0. The average molecular weight is 311 g/mol. The van der Waals surface area contributed by atoms with E-state index in [1.54, 1.807) is 24.3 Å². The van der Waals surface area contributed by atoms with Crippen molar-refractivity contribution in [3.8, 4) is 0 Å². The molecule has 118 valence electrons. The first kappa shape index (κ1) is 15.2. The Kier molecular flexibility index (Phi) is 3.83. The van der Waals surface area contributed by atoms with Gasteiger partial charge < -0.3 is 10.1 Å². The summed E-state index contributed by atoms with van der Waals surface area (Å²) in [5.74, 6) is -0.577. The number of carbonyl (C=O) groups excluding carboxylic acids is 2. The van der Waals surface area contributed by atoms with E-state index in [0.717, 1.165) is 5.39 Å². The normalized spacial score (nSPS) is 14.5. The van der Waals surface area contributed by atoms with Gasteiger partial charge in [0, 0.05) is 29.6 Å². The maximum Gasteiger partial charge on any atom is 0.261 e. The highest BCUT2D eigenvalue weighted by molar-refractivity contribution is 6.26. The molecule has 1 aliphatic heterocycles. The maximum absolute atomic E-state index is 12.8. The van der Waals surface area contributed by atoms with Crippen molar-refractivity contribution in [3.63, 3.8) is 0 Å². The van der Waals surface area contributed by atoms with Crippen molar-refractivity contribution >= 4 is 28.8 Å². The van der Waals surface area contributed by atoms with Crippen LogP contribution in [-0.2, 0) is 0 Å². The number of imide groups is 1. The largest absolute Gasteiger partial charge is 0.411 e. The van der Waals surface area contributed by atoms with E-state index in [2.05, 4.69) is 5.16 Å². The number of amides is 2. The number of likely N-dealkylation sites (N-methyl/N-ethyl adjacent to an activating group) is 1. The van der Waals surface area contributed by atoms with Gasteiger partial charge in [-0.15, -0.1) is 0 Å². The monoisotopic (exact) mass is 311 g/mol. The first-order chi connectivity index (χ1) is 11.0. The minimum Gasteiger partial charge on any atom is -0.411 e. The molecule has 0 spiro atoms. The highest BCUT2D eigenvalue weighted by Crippen LogP contribution is 2.30. The lowest BCUT2D eigenvalue weighted by Gasteiger charge is -2.28. The molecule has 0 aliphatic carbocycles. The SMILES string of the molecule is CN(C)CCN1C(=O)c2cccc3cc(/C=N/O)cc(c23)C1=O. The van der Waals surface area contributed by atoms with Crippen LogP contribution in [0.15, 0.2) is 35.5 Å². The van der Waals surface area contributed by atoms with Crippen LogP contribution in [0.3, 0.4) is 0 Å². The third-order valence-electron chi connectivity index (χ3n) is 3.93. The molecule has 23 heavy (non-hydrogen) atoms. The summed E-state index contributed by atoms with van der Waals surface area (Å²) in [6.45, 7) is 0.930. The summed E-state index contributed by atoms with van der Waals surface area (Å²) in [4.78, 5) is 28.6. The number of rotatable bonds is 4. The Labute approximate surface area is 133 Å². The number of benzene rings is 2. The fraction of sp³-hybridized carbons (Fsp3) is 0.235. The van der Waals surface area contributed by atoms with Gasteiger partial charge in [-0.2, -0.15) is 0 Å². The molecule has 3 rings (SSSR count). The van der Waals surface area contributed by atoms with E-state index in [9.17, 15) is 9.59 Å². The van der Waals surface area contributed by atoms with Crippen molar-refractivity contribution in [1.82, 2.24) is 9.80 Å². The second-order valence-electron chi connectivity index (χ2n) is 5.78. The van der Waals surface area contributed by atoms with E-state index < -0.39 is 0 Å². The fourth-order valence-electron chi connectivity index (χ4n) is 2.83. The lowest BCUT2D eigenvalue weighted by Crippen LogP contribution is -2.43. The third kappa shape index (κ3) is 2.57. The highest BCUT2D eigenvalue weighted by atomic mass is 16.4. The molecule has 0 aromatic heterocycles. The second kappa shape index (κ2) is 5.81. The molecule has 2 amide bonds. The van der Waals surface area contributed by atoms with Crippen LogP contribution in [-0.4, -0.2) is 60.2 Å². The molecule has 0 fully saturated rings. The van der Waals surface area contributed by atoms with Crippen LogP contribution < -0.4 is 0 Å². The molecule has 0 bridgehead atoms. The summed E-state index contributed by atoms with van der Waals surface area (Å²) in [6, 6.07) is 8.82. The highest BCUT2D eigenvalue weighted by Gasteiger charge is 2.32. The zero-order valence-electron chi connectivity index (χ0n) is 13.0. The zero-order chi connectivity index (χ0) is 16.6. The summed E-state index contributed by atoms with van der Waals surface area (Å²) < 4.78 is 0. The Morgan fingerprint density at radius 3 is 2.61 bits per heavy atom. The minimum absolute atomic E-state index is 0.265. The average Bonchev–Trinajstić information content (AvgIpc) is 2.52. The van der Waals surface area contributed by atoms with Crippen LogP contribution in [0.25, 0.3) is 10.8 Å². The van der Waals surface area contributed by atoms with Gasteiger partial charge in [0.15, 0.2) is 0 Å². The first-order valence-electron chi connectivity index (χ1n) is 7.28. The van der Waals surface area contributed by atoms with E-state index in [1.165, 1.54) is 11.1 Å². The lowest BCUT2D eigenvalue weighted by atomic mass is 9.92. The maximum atomic E-state index is 12.8. The Morgan fingerprint density at radius 2 is 1.91 bits per heavy atom. The van der Waals surface area contributed by atoms with Gasteiger partial charge in [-0.1, -0.05) is 17.3 Å². The quantitative estimate of drug-likeness (QED) is 0.404. The summed E-state index contributed by atoms with van der Waals surface area (Å²) in [5.41, 5.74) is 1.61. The summed E-state index contributed by atoms with van der Waals surface area (Å²) in [7, 11) is 3.78. The van der Waals surface area contributed by atoms with E-state index in [1.807, 2.05) is 25.1 Å². The molecule has 0 radical (unpaired) electrons. The lowest BCUT2D eigenvalue weighted by molar-refractivity contribution is 0.0601. The van der Waals surface area contributed by atoms with Crippen molar-refractivity contribution in [2.45, 2.75) is 0 Å². The smallest absolute Gasteiger partial charge is 0.261 e. The Balaban J connectivity index is 2.17. The molecule has 0 saturated heterocycles. The van der Waals surface area contributed by atoms with Gasteiger partial charge in [0.2, 0.25) is 0 Å². The number of hydrogen-bond donors (Lipinski definition) is 1. The zero-order valence-corrected chi connectivity index (χ0v) is 13.0. The van der Waals surface area contributed by atoms with E-state index >= 15 is 0 Å². The van der Waals surface area contributed by atoms with Gasteiger partial charge >= 0.3 is 0 Å². The van der Waals surface area contributed by atoms with Crippen LogP contribution in [0.1, 0.15) is 26.3 Å². The van der Waals surface area contributed by atoms with Crippen molar-refractivity contribution in [2.75, 3.05) is 27.2 Å². The number of hydrogen-bond acceptors (Lipinski definition) is 5. The third-order valence-corrected chi connectivity index (χ3v) is 3.93. The molecule has 1 heterocycles. The van der Waals surface area contributed by atoms with Crippen LogP contribution >= 0.6 is 0 Å². The van der Waals surface area contributed by atoms with Gasteiger partial charge in [0.25, 0.3) is 11.8 Å². The van der Waals surface area contributed by atoms with Crippen molar-refractivity contribution in [2.24, 2.45) is 5.16 Å². The Bertz CT molecular complexity index is 827. The van der Waals surface area contributed by atoms with Crippen LogP contribution in [0, 0.1) is 0 Å². The van der Waals surface area contributed by atoms with Gasteiger partial charge in [0.1, 0.15) is 0 Å². The molecule has 6 nitrogen and oxygen atoms in total. The molecular weight excluding hydrogens is 294 g/mol. The van der Waals surface area contributed by atoms with Gasteiger partial charge in [0.05, 0.1) is 6.21 Å². The predicted molar refractivity (Wildman–Crippen MR) is 87.2 cm³/mol. The predicted octanol–water partition coefficient (Wildman–Crippen LogP) is 1.81.